The van der Waals surface area contributed by atoms with Crippen molar-refractivity contribution in [3.8, 4) is 0 Å². The lowest BCUT2D eigenvalue weighted by molar-refractivity contribution is 0.0299. The number of ether oxygens (including phenoxy) is 1. The third kappa shape index (κ3) is 4.83. The maximum atomic E-state index is 12.7. The van der Waals surface area contributed by atoms with Gasteiger partial charge in [-0.25, -0.2) is 9.97 Å². The van der Waals surface area contributed by atoms with Crippen LogP contribution in [0.1, 0.15) is 16.2 Å². The Balaban J connectivity index is 1.45. The van der Waals surface area contributed by atoms with Gasteiger partial charge in [-0.1, -0.05) is 0 Å². The van der Waals surface area contributed by atoms with Crippen molar-refractivity contribution in [1.29, 1.82) is 0 Å². The van der Waals surface area contributed by atoms with Crippen LogP contribution in [0, 0.1) is 6.92 Å². The van der Waals surface area contributed by atoms with E-state index in [4.69, 9.17) is 4.74 Å². The number of nitrogens with one attached hydrogen (secondary N) is 1. The van der Waals surface area contributed by atoms with Crippen LogP contribution < -0.4 is 10.2 Å². The summed E-state index contributed by atoms with van der Waals surface area (Å²) in [6.07, 6.45) is 0. The Kier molecular flexibility index (Phi) is 5.92. The summed E-state index contributed by atoms with van der Waals surface area (Å²) in [6.45, 7) is 8.44. The minimum absolute atomic E-state index is 0.0766. The van der Waals surface area contributed by atoms with Crippen LogP contribution in [-0.4, -0.2) is 85.2 Å². The molecule has 0 spiro atoms. The number of nitrogens with zero attached hydrogens (tertiary/aromatic N) is 5. The fourth-order valence-corrected chi connectivity index (χ4v) is 3.61. The van der Waals surface area contributed by atoms with Crippen LogP contribution in [0.4, 0.5) is 17.3 Å². The first-order chi connectivity index (χ1) is 14.1. The van der Waals surface area contributed by atoms with Crippen molar-refractivity contribution in [3.63, 3.8) is 0 Å². The van der Waals surface area contributed by atoms with E-state index in [2.05, 4.69) is 44.3 Å². The summed E-state index contributed by atoms with van der Waals surface area (Å²) < 4.78 is 5.33. The van der Waals surface area contributed by atoms with Gasteiger partial charge < -0.3 is 24.8 Å². The summed E-state index contributed by atoms with van der Waals surface area (Å²) in [4.78, 5) is 28.2. The van der Waals surface area contributed by atoms with Crippen LogP contribution in [0.3, 0.4) is 0 Å². The fourth-order valence-electron chi connectivity index (χ4n) is 3.61. The predicted molar refractivity (Wildman–Crippen MR) is 113 cm³/mol. The van der Waals surface area contributed by atoms with E-state index in [0.29, 0.717) is 37.9 Å². The molecular formula is C21H28N6O2. The van der Waals surface area contributed by atoms with Crippen molar-refractivity contribution in [3.05, 3.63) is 41.7 Å². The van der Waals surface area contributed by atoms with Gasteiger partial charge in [-0.2, -0.15) is 0 Å². The quantitative estimate of drug-likeness (QED) is 0.844. The fraction of sp³-hybridized carbons (Fsp3) is 0.476. The Bertz CT molecular complexity index is 843. The molecule has 0 bridgehead atoms. The third-order valence-electron chi connectivity index (χ3n) is 5.36. The monoisotopic (exact) mass is 396 g/mol. The van der Waals surface area contributed by atoms with Crippen LogP contribution >= 0.6 is 0 Å². The number of carbonyl (C=O) groups is 1. The third-order valence-corrected chi connectivity index (χ3v) is 5.36. The molecule has 8 heteroatoms. The van der Waals surface area contributed by atoms with Crippen molar-refractivity contribution in [2.24, 2.45) is 0 Å². The lowest BCUT2D eigenvalue weighted by atomic mass is 10.2. The van der Waals surface area contributed by atoms with E-state index in [1.54, 1.807) is 11.0 Å². The van der Waals surface area contributed by atoms with Gasteiger partial charge in [0, 0.05) is 56.3 Å². The Labute approximate surface area is 171 Å². The number of piperazine rings is 1. The molecule has 0 unspecified atom stereocenters. The van der Waals surface area contributed by atoms with Crippen LogP contribution in [0.15, 0.2) is 30.3 Å². The minimum atomic E-state index is -0.0766. The molecule has 0 saturated carbocycles. The zero-order valence-electron chi connectivity index (χ0n) is 17.1. The van der Waals surface area contributed by atoms with Crippen LogP contribution in [0.5, 0.6) is 0 Å². The molecular weight excluding hydrogens is 368 g/mol. The van der Waals surface area contributed by atoms with Gasteiger partial charge in [0.1, 0.15) is 5.69 Å². The lowest BCUT2D eigenvalue weighted by Crippen LogP contribution is -2.44. The number of morpholine rings is 1. The van der Waals surface area contributed by atoms with E-state index in [1.807, 2.05) is 19.1 Å². The largest absolute Gasteiger partial charge is 0.378 e. The van der Waals surface area contributed by atoms with Gasteiger partial charge in [-0.15, -0.1) is 0 Å². The molecule has 1 aromatic heterocycles. The number of carbonyl (C=O) groups excluding carboxylic acids is 1. The van der Waals surface area contributed by atoms with Crippen LogP contribution in [0.2, 0.25) is 0 Å². The number of benzene rings is 1. The number of aryl methyl sites for hydroxylation is 1. The first kappa shape index (κ1) is 19.6. The topological polar surface area (TPSA) is 73.8 Å². The summed E-state index contributed by atoms with van der Waals surface area (Å²) >= 11 is 0. The van der Waals surface area contributed by atoms with Crippen LogP contribution in [0.25, 0.3) is 0 Å². The predicted octanol–water partition coefficient (Wildman–Crippen LogP) is 1.75. The summed E-state index contributed by atoms with van der Waals surface area (Å²) in [6, 6.07) is 10.0. The molecule has 2 saturated heterocycles. The number of aromatic nitrogens is 2. The maximum Gasteiger partial charge on any atom is 0.272 e. The van der Waals surface area contributed by atoms with E-state index in [0.717, 1.165) is 37.6 Å². The molecule has 0 atom stereocenters. The second-order valence-electron chi connectivity index (χ2n) is 7.58. The minimum Gasteiger partial charge on any atom is -0.378 e. The number of hydrogen-bond donors (Lipinski definition) is 1. The smallest absolute Gasteiger partial charge is 0.272 e. The van der Waals surface area contributed by atoms with Gasteiger partial charge in [-0.05, 0) is 44.3 Å². The second kappa shape index (κ2) is 8.75. The average molecular weight is 396 g/mol. The standard InChI is InChI=1S/C21H28N6O2/c1-16-15-19(20(28)27-11-13-29-14-12-27)24-21(22-16)23-17-3-5-18(6-4-17)26-9-7-25(2)8-10-26/h3-6,15H,7-14H2,1-2H3,(H,22,23,24). The zero-order chi connectivity index (χ0) is 20.2. The molecule has 2 fully saturated rings. The summed E-state index contributed by atoms with van der Waals surface area (Å²) in [5.41, 5.74) is 3.29. The number of amides is 1. The second-order valence-corrected chi connectivity index (χ2v) is 7.58. The molecule has 2 aromatic rings. The highest BCUT2D eigenvalue weighted by Gasteiger charge is 2.21. The highest BCUT2D eigenvalue weighted by molar-refractivity contribution is 5.92. The Morgan fingerprint density at radius 3 is 2.38 bits per heavy atom. The van der Waals surface area contributed by atoms with Crippen molar-refractivity contribution >= 4 is 23.2 Å². The average Bonchev–Trinajstić information content (AvgIpc) is 2.75. The Morgan fingerprint density at radius 2 is 1.69 bits per heavy atom. The van der Waals surface area contributed by atoms with Crippen molar-refractivity contribution in [2.45, 2.75) is 6.92 Å². The van der Waals surface area contributed by atoms with Crippen molar-refractivity contribution in [2.75, 3.05) is 69.7 Å². The van der Waals surface area contributed by atoms with E-state index >= 15 is 0 Å². The molecule has 2 aliphatic heterocycles. The highest BCUT2D eigenvalue weighted by atomic mass is 16.5. The molecule has 2 aliphatic rings. The molecule has 1 aromatic carbocycles. The summed E-state index contributed by atoms with van der Waals surface area (Å²) in [7, 11) is 2.16. The molecule has 0 radical (unpaired) electrons. The number of likely N-dealkylation sites (N-methyl/N-ethyl adjacent to an activating group) is 1. The maximum absolute atomic E-state index is 12.7. The number of anilines is 3. The number of rotatable bonds is 4. The number of hydrogen-bond acceptors (Lipinski definition) is 7. The molecule has 1 N–H and O–H groups in total. The first-order valence-corrected chi connectivity index (χ1v) is 10.1. The SMILES string of the molecule is Cc1cc(C(=O)N2CCOCC2)nc(Nc2ccc(N3CCN(C)CC3)cc2)n1. The van der Waals surface area contributed by atoms with Gasteiger partial charge in [-0.3, -0.25) is 4.79 Å². The molecule has 4 rings (SSSR count). The van der Waals surface area contributed by atoms with E-state index in [-0.39, 0.29) is 5.91 Å². The lowest BCUT2D eigenvalue weighted by Gasteiger charge is -2.34. The Morgan fingerprint density at radius 1 is 1.00 bits per heavy atom. The molecule has 154 valence electrons. The Hall–Kier alpha value is -2.71. The van der Waals surface area contributed by atoms with Gasteiger partial charge in [0.25, 0.3) is 5.91 Å². The van der Waals surface area contributed by atoms with Gasteiger partial charge in [0.15, 0.2) is 0 Å². The highest BCUT2D eigenvalue weighted by Crippen LogP contribution is 2.21. The molecule has 3 heterocycles. The summed E-state index contributed by atoms with van der Waals surface area (Å²) in [5, 5.41) is 3.24. The zero-order valence-corrected chi connectivity index (χ0v) is 17.1. The van der Waals surface area contributed by atoms with Gasteiger partial charge in [0.2, 0.25) is 5.95 Å². The molecule has 1 amide bonds. The van der Waals surface area contributed by atoms with Gasteiger partial charge >= 0.3 is 0 Å². The van der Waals surface area contributed by atoms with E-state index in [1.165, 1.54) is 5.69 Å². The molecule has 29 heavy (non-hydrogen) atoms. The summed E-state index contributed by atoms with van der Waals surface area (Å²) in [5.74, 6) is 0.362. The van der Waals surface area contributed by atoms with Crippen molar-refractivity contribution < 1.29 is 9.53 Å². The van der Waals surface area contributed by atoms with E-state index in [9.17, 15) is 4.79 Å². The first-order valence-electron chi connectivity index (χ1n) is 10.1. The molecule has 8 nitrogen and oxygen atoms in total. The normalized spacial score (nSPS) is 18.0. The van der Waals surface area contributed by atoms with Gasteiger partial charge in [0.05, 0.1) is 13.2 Å². The molecule has 0 aliphatic carbocycles. The van der Waals surface area contributed by atoms with E-state index < -0.39 is 0 Å². The van der Waals surface area contributed by atoms with Crippen LogP contribution in [-0.2, 0) is 4.74 Å². The van der Waals surface area contributed by atoms with Crippen molar-refractivity contribution in [1.82, 2.24) is 19.8 Å².